The fourth-order valence-electron chi connectivity index (χ4n) is 12.6. The Morgan fingerprint density at radius 3 is 2.00 bits per heavy atom. The quantitative estimate of drug-likeness (QED) is 0.0423. The van der Waals surface area contributed by atoms with Gasteiger partial charge in [0.25, 0.3) is 0 Å². The highest BCUT2D eigenvalue weighted by Gasteiger charge is 2.22. The van der Waals surface area contributed by atoms with E-state index >= 15 is 0 Å². The zero-order valence-electron chi connectivity index (χ0n) is 62.6. The topological polar surface area (TPSA) is 337 Å². The standard InChI is InChI=1S/C76H148N18O5/c1-6-8-28-68(90-57-69(30-17-21-43-94(7-2)44-45-95)88-53-64(5)86-55-70(31-22-35-77)87-52-63(4)82-41-42-85-76(97)61-99-48-47-98-46-37-79)56-91-72-33-34-75(96)84-40-20-16-29-67(51-80)89-59-73(49-62(3)66-26-14-10-15-27-66)93-58-71(32-23-36-78)92-60-74(50-65-24-12-9-13-25-65)83-39-19-11-18-38-81-54-72/h9-10,12-15,24-27,63-64,67-74,81-83,86-93,95H,3,6-8,11,16-23,28-61,77-80H2,1-2,4-5H3,(H,84,96)(H,85,97)/t63-,64-,67-,68-,69-,70-,71-,72-,73-,74+/m0/s1. The number of nitrogens with zero attached hydrogens (tertiary/aromatic N) is 1. The van der Waals surface area contributed by atoms with Crippen molar-refractivity contribution in [1.82, 2.24) is 74.0 Å². The van der Waals surface area contributed by atoms with Gasteiger partial charge in [-0.2, -0.15) is 0 Å². The highest BCUT2D eigenvalue weighted by atomic mass is 16.5. The van der Waals surface area contributed by atoms with Crippen molar-refractivity contribution in [3.05, 3.63) is 78.4 Å². The zero-order valence-corrected chi connectivity index (χ0v) is 62.6. The van der Waals surface area contributed by atoms with Gasteiger partial charge in [-0.25, -0.2) is 0 Å². The summed E-state index contributed by atoms with van der Waals surface area (Å²) >= 11 is 0. The van der Waals surface area contributed by atoms with Crippen LogP contribution in [0.1, 0.15) is 161 Å². The molecule has 99 heavy (non-hydrogen) atoms. The summed E-state index contributed by atoms with van der Waals surface area (Å²) < 4.78 is 10.7. The lowest BCUT2D eigenvalue weighted by Crippen LogP contribution is -2.51. The number of aliphatic hydroxyl groups excluding tert-OH is 1. The SMILES string of the molecule is C=C(C[C@H]1CN[C@H](CN)CCCCNC(=O)CC[C@H](NC[C@H](CCCC)NC[C@H](CCCCN(CC)CCO)NC[C@H](C)NC[C@H](CCCN)NC[C@H](C)NCCNC(=O)COCCOCCN)CNCCCCCN[C@H](Cc2ccccc2)CN[C@@H](CCCN)CN1)c1ccccc1. The number of carbonyl (C=O) groups excluding carboxylic acids is 2. The minimum absolute atomic E-state index is 0.00968. The van der Waals surface area contributed by atoms with Gasteiger partial charge in [-0.05, 0) is 160 Å². The zero-order chi connectivity index (χ0) is 71.4. The van der Waals surface area contributed by atoms with Crippen LogP contribution < -0.4 is 92.1 Å². The summed E-state index contributed by atoms with van der Waals surface area (Å²) in [6.45, 7) is 30.9. The van der Waals surface area contributed by atoms with Crippen LogP contribution in [0, 0.1) is 0 Å². The molecule has 22 N–H and O–H groups in total. The molecule has 0 aliphatic carbocycles. The lowest BCUT2D eigenvalue weighted by atomic mass is 9.99. The number of likely N-dealkylation sites (N-methyl/N-ethyl adjacent to an activating group) is 1. The molecular weight excluding hydrogens is 1240 g/mol. The van der Waals surface area contributed by atoms with Crippen LogP contribution in [-0.2, 0) is 25.5 Å². The first kappa shape index (κ1) is 89.6. The Hall–Kier alpha value is -3.64. The summed E-state index contributed by atoms with van der Waals surface area (Å²) in [5.74, 6) is -0.0317. The maximum absolute atomic E-state index is 13.6. The van der Waals surface area contributed by atoms with Crippen molar-refractivity contribution in [2.24, 2.45) is 22.9 Å². The van der Waals surface area contributed by atoms with Gasteiger partial charge in [-0.3, -0.25) is 9.59 Å². The molecule has 3 rings (SSSR count). The molecule has 1 saturated heterocycles. The third kappa shape index (κ3) is 48.1. The van der Waals surface area contributed by atoms with Gasteiger partial charge < -0.3 is 112 Å². The average molecular weight is 1390 g/mol. The van der Waals surface area contributed by atoms with Crippen LogP contribution in [0.15, 0.2) is 67.2 Å². The molecule has 0 radical (unpaired) electrons. The van der Waals surface area contributed by atoms with E-state index in [1.54, 1.807) is 0 Å². The van der Waals surface area contributed by atoms with Crippen LogP contribution in [0.3, 0.4) is 0 Å². The Morgan fingerprint density at radius 2 is 1.27 bits per heavy atom. The first-order valence-electron chi connectivity index (χ1n) is 39.1. The van der Waals surface area contributed by atoms with E-state index in [4.69, 9.17) is 32.4 Å². The average Bonchev–Trinajstić information content (AvgIpc) is 1.26. The highest BCUT2D eigenvalue weighted by Crippen LogP contribution is 2.18. The number of nitrogens with one attached hydrogen (secondary N) is 13. The third-order valence-electron chi connectivity index (χ3n) is 18.9. The Labute approximate surface area is 601 Å². The number of aliphatic hydroxyl groups is 1. The number of ether oxygens (including phenoxy) is 2. The van der Waals surface area contributed by atoms with Crippen LogP contribution in [-0.4, -0.2) is 253 Å². The maximum Gasteiger partial charge on any atom is 0.246 e. The van der Waals surface area contributed by atoms with Gasteiger partial charge in [-0.1, -0.05) is 113 Å². The molecule has 23 nitrogen and oxygen atoms in total. The maximum atomic E-state index is 13.6. The van der Waals surface area contributed by atoms with Gasteiger partial charge in [0.1, 0.15) is 6.61 Å². The number of amides is 2. The third-order valence-corrected chi connectivity index (χ3v) is 18.9. The highest BCUT2D eigenvalue weighted by molar-refractivity contribution is 5.77. The number of rotatable bonds is 49. The van der Waals surface area contributed by atoms with Crippen molar-refractivity contribution in [2.75, 3.05) is 170 Å². The smallest absolute Gasteiger partial charge is 0.246 e. The Kier molecular flexibility index (Phi) is 55.9. The Balaban J connectivity index is 1.68. The lowest BCUT2D eigenvalue weighted by Gasteiger charge is -2.28. The minimum atomic E-state index is -0.142. The molecule has 0 unspecified atom stereocenters. The predicted octanol–water partition coefficient (Wildman–Crippen LogP) is 3.01. The van der Waals surface area contributed by atoms with E-state index < -0.39 is 0 Å². The largest absolute Gasteiger partial charge is 0.395 e. The Bertz CT molecular complexity index is 2190. The van der Waals surface area contributed by atoms with Gasteiger partial charge in [0, 0.05) is 165 Å². The predicted molar refractivity (Wildman–Crippen MR) is 414 cm³/mol. The number of benzene rings is 2. The normalized spacial score (nSPS) is 20.5. The van der Waals surface area contributed by atoms with E-state index in [2.05, 4.69) is 169 Å². The second-order valence-corrected chi connectivity index (χ2v) is 27.8. The molecule has 1 heterocycles. The second-order valence-electron chi connectivity index (χ2n) is 27.8. The van der Waals surface area contributed by atoms with Crippen LogP contribution in [0.25, 0.3) is 5.57 Å². The number of hydrogen-bond acceptors (Lipinski definition) is 21. The molecule has 0 bridgehead atoms. The van der Waals surface area contributed by atoms with E-state index in [0.717, 1.165) is 218 Å². The molecule has 0 aromatic heterocycles. The van der Waals surface area contributed by atoms with Crippen molar-refractivity contribution >= 4 is 17.4 Å². The molecule has 0 saturated carbocycles. The minimum Gasteiger partial charge on any atom is -0.395 e. The van der Waals surface area contributed by atoms with E-state index in [1.165, 1.54) is 5.56 Å². The molecule has 1 aliphatic heterocycles. The summed E-state index contributed by atoms with van der Waals surface area (Å²) in [4.78, 5) is 28.2. The fourth-order valence-corrected chi connectivity index (χ4v) is 12.6. The van der Waals surface area contributed by atoms with Crippen molar-refractivity contribution in [2.45, 2.75) is 217 Å². The van der Waals surface area contributed by atoms with Crippen molar-refractivity contribution in [1.29, 1.82) is 0 Å². The molecule has 1 aliphatic rings. The number of nitrogens with two attached hydrogens (primary N) is 4. The van der Waals surface area contributed by atoms with E-state index in [1.807, 2.05) is 0 Å². The van der Waals surface area contributed by atoms with Crippen LogP contribution in [0.5, 0.6) is 0 Å². The van der Waals surface area contributed by atoms with Gasteiger partial charge in [0.05, 0.1) is 26.4 Å². The molecule has 572 valence electrons. The summed E-state index contributed by atoms with van der Waals surface area (Å²) in [5.41, 5.74) is 27.7. The van der Waals surface area contributed by atoms with E-state index in [9.17, 15) is 14.7 Å². The monoisotopic (exact) mass is 1390 g/mol. The summed E-state index contributed by atoms with van der Waals surface area (Å²) in [7, 11) is 0. The summed E-state index contributed by atoms with van der Waals surface area (Å²) in [6.07, 6.45) is 19.5. The molecular formula is C76H148N18O5. The van der Waals surface area contributed by atoms with E-state index in [-0.39, 0.29) is 85.4 Å². The molecule has 2 amide bonds. The fraction of sp³-hybridized carbons (Fsp3) is 0.789. The van der Waals surface area contributed by atoms with E-state index in [0.29, 0.717) is 78.6 Å². The van der Waals surface area contributed by atoms with Crippen molar-refractivity contribution in [3.63, 3.8) is 0 Å². The van der Waals surface area contributed by atoms with Crippen molar-refractivity contribution in [3.8, 4) is 0 Å². The number of unbranched alkanes of at least 4 members (excludes halogenated alkanes) is 2. The molecule has 1 fully saturated rings. The molecule has 23 heteroatoms. The van der Waals surface area contributed by atoms with Gasteiger partial charge in [-0.15, -0.1) is 0 Å². The molecule has 0 spiro atoms. The number of carbonyl (C=O) groups is 2. The molecule has 2 aromatic rings. The van der Waals surface area contributed by atoms with Crippen LogP contribution in [0.4, 0.5) is 0 Å². The van der Waals surface area contributed by atoms with Crippen molar-refractivity contribution < 1.29 is 24.2 Å². The lowest BCUT2D eigenvalue weighted by molar-refractivity contribution is -0.126. The summed E-state index contributed by atoms with van der Waals surface area (Å²) in [5, 5.41) is 58.6. The van der Waals surface area contributed by atoms with Crippen LogP contribution >= 0.6 is 0 Å². The Morgan fingerprint density at radius 1 is 0.626 bits per heavy atom. The summed E-state index contributed by atoms with van der Waals surface area (Å²) in [6, 6.07) is 23.6. The molecule has 10 atom stereocenters. The molecule has 2 aromatic carbocycles. The van der Waals surface area contributed by atoms with Gasteiger partial charge in [0.15, 0.2) is 0 Å². The van der Waals surface area contributed by atoms with Gasteiger partial charge in [0.2, 0.25) is 11.8 Å². The second kappa shape index (κ2) is 61.8. The number of hydrogen-bond donors (Lipinski definition) is 18. The van der Waals surface area contributed by atoms with Gasteiger partial charge >= 0.3 is 0 Å². The first-order valence-corrected chi connectivity index (χ1v) is 39.1. The first-order chi connectivity index (χ1) is 48.4. The van der Waals surface area contributed by atoms with Crippen LogP contribution in [0.2, 0.25) is 0 Å².